The maximum atomic E-state index is 11.5. The van der Waals surface area contributed by atoms with Gasteiger partial charge < -0.3 is 10.8 Å². The normalized spacial score (nSPS) is 27.6. The first-order chi connectivity index (χ1) is 8.63. The standard InChI is InChI=1S/C14H18N2O2/c15-12-8-11(12)14(6-7-14)16(13(17)18)9-10-4-2-1-3-5-10/h1-5,11-12H,6-9,15H2,(H,17,18)/t11?,12-/m1/s1. The first-order valence-corrected chi connectivity index (χ1v) is 6.43. The Morgan fingerprint density at radius 3 is 2.44 bits per heavy atom. The van der Waals surface area contributed by atoms with Gasteiger partial charge in [0.15, 0.2) is 0 Å². The summed E-state index contributed by atoms with van der Waals surface area (Å²) in [6.07, 6.45) is 2.07. The van der Waals surface area contributed by atoms with E-state index in [9.17, 15) is 9.90 Å². The molecule has 0 spiro atoms. The van der Waals surface area contributed by atoms with Gasteiger partial charge in [-0.2, -0.15) is 0 Å². The molecule has 3 rings (SSSR count). The lowest BCUT2D eigenvalue weighted by Gasteiger charge is -2.30. The summed E-state index contributed by atoms with van der Waals surface area (Å²) in [5.74, 6) is 0.373. The summed E-state index contributed by atoms with van der Waals surface area (Å²) in [5.41, 5.74) is 6.78. The van der Waals surface area contributed by atoms with Gasteiger partial charge in [-0.1, -0.05) is 30.3 Å². The zero-order valence-electron chi connectivity index (χ0n) is 10.2. The Kier molecular flexibility index (Phi) is 2.55. The highest BCUT2D eigenvalue weighted by Gasteiger charge is 2.62. The summed E-state index contributed by atoms with van der Waals surface area (Å²) >= 11 is 0. The van der Waals surface area contributed by atoms with Crippen molar-refractivity contribution >= 4 is 6.09 Å². The molecule has 2 fully saturated rings. The monoisotopic (exact) mass is 246 g/mol. The van der Waals surface area contributed by atoms with E-state index in [0.29, 0.717) is 12.5 Å². The van der Waals surface area contributed by atoms with Crippen LogP contribution >= 0.6 is 0 Å². The number of hydrogen-bond acceptors (Lipinski definition) is 2. The van der Waals surface area contributed by atoms with E-state index in [1.54, 1.807) is 4.90 Å². The van der Waals surface area contributed by atoms with Crippen LogP contribution in [0.25, 0.3) is 0 Å². The molecule has 4 heteroatoms. The predicted molar refractivity (Wildman–Crippen MR) is 68.1 cm³/mol. The van der Waals surface area contributed by atoms with Crippen LogP contribution in [0.4, 0.5) is 4.79 Å². The smallest absolute Gasteiger partial charge is 0.408 e. The van der Waals surface area contributed by atoms with Gasteiger partial charge in [0.2, 0.25) is 0 Å². The fourth-order valence-electron chi connectivity index (χ4n) is 2.98. The third-order valence-electron chi connectivity index (χ3n) is 4.24. The summed E-state index contributed by atoms with van der Waals surface area (Å²) < 4.78 is 0. The Labute approximate surface area is 106 Å². The number of amides is 1. The Bertz CT molecular complexity index is 456. The maximum absolute atomic E-state index is 11.5. The number of nitrogens with two attached hydrogens (primary N) is 1. The van der Waals surface area contributed by atoms with E-state index >= 15 is 0 Å². The molecule has 1 aromatic carbocycles. The highest BCUT2D eigenvalue weighted by Crippen LogP contribution is 2.57. The number of carboxylic acid groups (broad SMARTS) is 1. The lowest BCUT2D eigenvalue weighted by Crippen LogP contribution is -2.43. The van der Waals surface area contributed by atoms with E-state index in [1.807, 2.05) is 30.3 Å². The largest absolute Gasteiger partial charge is 0.465 e. The quantitative estimate of drug-likeness (QED) is 0.854. The predicted octanol–water partition coefficient (Wildman–Crippen LogP) is 2.05. The van der Waals surface area contributed by atoms with Crippen LogP contribution in [0.1, 0.15) is 24.8 Å². The lowest BCUT2D eigenvalue weighted by molar-refractivity contribution is 0.104. The molecule has 0 aromatic heterocycles. The number of rotatable bonds is 4. The number of hydrogen-bond donors (Lipinski definition) is 2. The molecule has 0 saturated heterocycles. The highest BCUT2D eigenvalue weighted by molar-refractivity contribution is 5.67. The van der Waals surface area contributed by atoms with E-state index in [-0.39, 0.29) is 11.6 Å². The molecule has 2 aliphatic carbocycles. The van der Waals surface area contributed by atoms with Crippen LogP contribution in [0.2, 0.25) is 0 Å². The molecule has 0 radical (unpaired) electrons. The van der Waals surface area contributed by atoms with E-state index in [2.05, 4.69) is 0 Å². The minimum Gasteiger partial charge on any atom is -0.465 e. The van der Waals surface area contributed by atoms with E-state index in [4.69, 9.17) is 5.73 Å². The molecule has 18 heavy (non-hydrogen) atoms. The molecular formula is C14H18N2O2. The molecular weight excluding hydrogens is 228 g/mol. The van der Waals surface area contributed by atoms with Crippen molar-refractivity contribution in [3.05, 3.63) is 35.9 Å². The van der Waals surface area contributed by atoms with Crippen molar-refractivity contribution in [3.8, 4) is 0 Å². The van der Waals surface area contributed by atoms with E-state index in [0.717, 1.165) is 24.8 Å². The fourth-order valence-corrected chi connectivity index (χ4v) is 2.98. The van der Waals surface area contributed by atoms with Gasteiger partial charge in [0.25, 0.3) is 0 Å². The molecule has 1 unspecified atom stereocenters. The van der Waals surface area contributed by atoms with Crippen molar-refractivity contribution in [1.82, 2.24) is 4.90 Å². The Morgan fingerprint density at radius 1 is 1.39 bits per heavy atom. The van der Waals surface area contributed by atoms with Crippen LogP contribution < -0.4 is 5.73 Å². The van der Waals surface area contributed by atoms with Gasteiger partial charge in [-0.25, -0.2) is 4.79 Å². The van der Waals surface area contributed by atoms with Crippen LogP contribution in [-0.2, 0) is 6.54 Å². The van der Waals surface area contributed by atoms with Crippen LogP contribution in [0, 0.1) is 5.92 Å². The molecule has 96 valence electrons. The van der Waals surface area contributed by atoms with Gasteiger partial charge >= 0.3 is 6.09 Å². The molecule has 2 saturated carbocycles. The average Bonchev–Trinajstić information content (AvgIpc) is 3.24. The molecule has 4 nitrogen and oxygen atoms in total. The van der Waals surface area contributed by atoms with E-state index in [1.165, 1.54) is 0 Å². The van der Waals surface area contributed by atoms with Crippen molar-refractivity contribution in [2.75, 3.05) is 0 Å². The van der Waals surface area contributed by atoms with Crippen molar-refractivity contribution in [3.63, 3.8) is 0 Å². The second-order valence-corrected chi connectivity index (χ2v) is 5.46. The number of benzene rings is 1. The molecule has 2 atom stereocenters. The second-order valence-electron chi connectivity index (χ2n) is 5.46. The summed E-state index contributed by atoms with van der Waals surface area (Å²) in [4.78, 5) is 13.1. The minimum absolute atomic E-state index is 0.166. The topological polar surface area (TPSA) is 66.6 Å². The van der Waals surface area contributed by atoms with Gasteiger partial charge in [0.05, 0.1) is 5.54 Å². The minimum atomic E-state index is -0.824. The van der Waals surface area contributed by atoms with Crippen molar-refractivity contribution in [2.45, 2.75) is 37.4 Å². The lowest BCUT2D eigenvalue weighted by atomic mass is 10.1. The molecule has 0 heterocycles. The first-order valence-electron chi connectivity index (χ1n) is 6.43. The maximum Gasteiger partial charge on any atom is 0.408 e. The second kappa shape index (κ2) is 3.99. The third kappa shape index (κ3) is 1.86. The van der Waals surface area contributed by atoms with Gasteiger partial charge in [0, 0.05) is 12.6 Å². The van der Waals surface area contributed by atoms with Gasteiger partial charge in [-0.3, -0.25) is 4.90 Å². The Morgan fingerprint density at radius 2 is 2.00 bits per heavy atom. The third-order valence-corrected chi connectivity index (χ3v) is 4.24. The van der Waals surface area contributed by atoms with Crippen LogP contribution in [0.5, 0.6) is 0 Å². The Hall–Kier alpha value is -1.55. The van der Waals surface area contributed by atoms with Crippen molar-refractivity contribution in [2.24, 2.45) is 11.7 Å². The van der Waals surface area contributed by atoms with Crippen LogP contribution in [0.15, 0.2) is 30.3 Å². The summed E-state index contributed by atoms with van der Waals surface area (Å²) in [5, 5.41) is 9.46. The van der Waals surface area contributed by atoms with Gasteiger partial charge in [-0.05, 0) is 30.7 Å². The molecule has 0 bridgehead atoms. The molecule has 3 N–H and O–H groups in total. The molecule has 1 aromatic rings. The SMILES string of the molecule is N[C@@H]1CC1C1(N(Cc2ccccc2)C(=O)O)CC1. The van der Waals surface area contributed by atoms with Crippen LogP contribution in [0.3, 0.4) is 0 Å². The summed E-state index contributed by atoms with van der Waals surface area (Å²) in [6.45, 7) is 0.472. The number of carbonyl (C=O) groups is 1. The van der Waals surface area contributed by atoms with Gasteiger partial charge in [-0.15, -0.1) is 0 Å². The molecule has 1 amide bonds. The average molecular weight is 246 g/mol. The number of nitrogens with zero attached hydrogens (tertiary/aromatic N) is 1. The summed E-state index contributed by atoms with van der Waals surface area (Å²) in [6, 6.07) is 9.97. The summed E-state index contributed by atoms with van der Waals surface area (Å²) in [7, 11) is 0. The zero-order chi connectivity index (χ0) is 12.8. The first kappa shape index (κ1) is 11.5. The Balaban J connectivity index is 1.79. The van der Waals surface area contributed by atoms with Crippen molar-refractivity contribution in [1.29, 1.82) is 0 Å². The fraction of sp³-hybridized carbons (Fsp3) is 0.500. The molecule has 0 aliphatic heterocycles. The zero-order valence-corrected chi connectivity index (χ0v) is 10.2. The van der Waals surface area contributed by atoms with Crippen LogP contribution in [-0.4, -0.2) is 27.7 Å². The highest BCUT2D eigenvalue weighted by atomic mass is 16.4. The van der Waals surface area contributed by atoms with E-state index < -0.39 is 6.09 Å². The molecule has 2 aliphatic rings. The van der Waals surface area contributed by atoms with Crippen molar-refractivity contribution < 1.29 is 9.90 Å². The van der Waals surface area contributed by atoms with Gasteiger partial charge in [0.1, 0.15) is 0 Å².